The Balaban J connectivity index is 1.88. The maximum absolute atomic E-state index is 11.3. The van der Waals surface area contributed by atoms with Crippen LogP contribution in [-0.4, -0.2) is 34.7 Å². The summed E-state index contributed by atoms with van der Waals surface area (Å²) in [5, 5.41) is 6.08. The standard InChI is InChI=1S/C14H20N2O2S/c1-15-14(17)10-11-2-4-12(5-3-11)16-13-6-8-19(18)9-7-13/h2-5,13,16H,6-10H2,1H3,(H,15,17). The monoisotopic (exact) mass is 280 g/mol. The van der Waals surface area contributed by atoms with Crippen LogP contribution in [0.15, 0.2) is 24.3 Å². The number of anilines is 1. The van der Waals surface area contributed by atoms with E-state index in [1.165, 1.54) is 0 Å². The van der Waals surface area contributed by atoms with Gasteiger partial charge in [-0.1, -0.05) is 12.1 Å². The lowest BCUT2D eigenvalue weighted by Crippen LogP contribution is -2.29. The van der Waals surface area contributed by atoms with Gasteiger partial charge in [-0.05, 0) is 30.5 Å². The Labute approximate surface area is 116 Å². The van der Waals surface area contributed by atoms with Crippen molar-refractivity contribution in [1.29, 1.82) is 0 Å². The van der Waals surface area contributed by atoms with E-state index in [0.29, 0.717) is 12.5 Å². The molecule has 1 amide bonds. The van der Waals surface area contributed by atoms with E-state index in [1.54, 1.807) is 7.05 Å². The largest absolute Gasteiger partial charge is 0.382 e. The van der Waals surface area contributed by atoms with Crippen LogP contribution >= 0.6 is 0 Å². The fraction of sp³-hybridized carbons (Fsp3) is 0.500. The van der Waals surface area contributed by atoms with Crippen LogP contribution < -0.4 is 10.6 Å². The predicted molar refractivity (Wildman–Crippen MR) is 78.7 cm³/mol. The number of benzene rings is 1. The van der Waals surface area contributed by atoms with Crippen molar-refractivity contribution in [2.75, 3.05) is 23.9 Å². The maximum Gasteiger partial charge on any atom is 0.224 e. The second-order valence-electron chi connectivity index (χ2n) is 4.81. The maximum atomic E-state index is 11.3. The fourth-order valence-electron chi connectivity index (χ4n) is 2.17. The molecular formula is C14H20N2O2S. The van der Waals surface area contributed by atoms with Gasteiger partial charge in [0.15, 0.2) is 0 Å². The van der Waals surface area contributed by atoms with E-state index >= 15 is 0 Å². The number of amides is 1. The van der Waals surface area contributed by atoms with Gasteiger partial charge in [0.05, 0.1) is 6.42 Å². The van der Waals surface area contributed by atoms with Gasteiger partial charge in [-0.15, -0.1) is 0 Å². The number of rotatable bonds is 4. The van der Waals surface area contributed by atoms with E-state index in [4.69, 9.17) is 0 Å². The molecule has 1 saturated heterocycles. The zero-order valence-corrected chi connectivity index (χ0v) is 12.0. The summed E-state index contributed by atoms with van der Waals surface area (Å²) in [6.45, 7) is 0. The minimum atomic E-state index is -0.615. The minimum absolute atomic E-state index is 0.0236. The fourth-order valence-corrected chi connectivity index (χ4v) is 3.47. The first kappa shape index (κ1) is 14.1. The Bertz CT molecular complexity index is 449. The van der Waals surface area contributed by atoms with Gasteiger partial charge < -0.3 is 10.6 Å². The van der Waals surface area contributed by atoms with Crippen LogP contribution in [0.4, 0.5) is 5.69 Å². The van der Waals surface area contributed by atoms with Gasteiger partial charge in [0, 0.05) is 41.1 Å². The smallest absolute Gasteiger partial charge is 0.224 e. The molecule has 4 nitrogen and oxygen atoms in total. The molecular weight excluding hydrogens is 260 g/mol. The van der Waals surface area contributed by atoms with E-state index in [-0.39, 0.29) is 5.91 Å². The molecule has 1 aromatic carbocycles. The number of carbonyl (C=O) groups is 1. The first-order valence-electron chi connectivity index (χ1n) is 6.58. The van der Waals surface area contributed by atoms with Crippen LogP contribution in [0.25, 0.3) is 0 Å². The van der Waals surface area contributed by atoms with Crippen molar-refractivity contribution < 1.29 is 9.00 Å². The number of nitrogens with one attached hydrogen (secondary N) is 2. The molecule has 0 spiro atoms. The Hall–Kier alpha value is -1.36. The van der Waals surface area contributed by atoms with Gasteiger partial charge in [-0.3, -0.25) is 9.00 Å². The Morgan fingerprint density at radius 2 is 1.89 bits per heavy atom. The second-order valence-corrected chi connectivity index (χ2v) is 6.51. The average Bonchev–Trinajstić information content (AvgIpc) is 2.43. The van der Waals surface area contributed by atoms with Crippen LogP contribution in [0.3, 0.4) is 0 Å². The van der Waals surface area contributed by atoms with E-state index in [2.05, 4.69) is 10.6 Å². The second kappa shape index (κ2) is 6.70. The minimum Gasteiger partial charge on any atom is -0.382 e. The lowest BCUT2D eigenvalue weighted by atomic mass is 10.1. The quantitative estimate of drug-likeness (QED) is 0.874. The van der Waals surface area contributed by atoms with E-state index < -0.39 is 10.8 Å². The molecule has 2 N–H and O–H groups in total. The molecule has 1 aliphatic rings. The van der Waals surface area contributed by atoms with Gasteiger partial charge in [-0.25, -0.2) is 0 Å². The van der Waals surface area contributed by atoms with Crippen molar-refractivity contribution in [3.8, 4) is 0 Å². The summed E-state index contributed by atoms with van der Waals surface area (Å²) in [7, 11) is 1.03. The third kappa shape index (κ3) is 4.35. The molecule has 1 aromatic rings. The van der Waals surface area contributed by atoms with Crippen molar-refractivity contribution in [3.63, 3.8) is 0 Å². The topological polar surface area (TPSA) is 58.2 Å². The highest BCUT2D eigenvalue weighted by Crippen LogP contribution is 2.17. The van der Waals surface area contributed by atoms with Gasteiger partial charge >= 0.3 is 0 Å². The first-order valence-corrected chi connectivity index (χ1v) is 8.07. The molecule has 0 aromatic heterocycles. The molecule has 1 aliphatic heterocycles. The van der Waals surface area contributed by atoms with Crippen LogP contribution in [0.2, 0.25) is 0 Å². The van der Waals surface area contributed by atoms with E-state index in [9.17, 15) is 9.00 Å². The summed E-state index contributed by atoms with van der Waals surface area (Å²) >= 11 is 0. The molecule has 1 heterocycles. The highest BCUT2D eigenvalue weighted by atomic mass is 32.2. The predicted octanol–water partition coefficient (Wildman–Crippen LogP) is 1.30. The van der Waals surface area contributed by atoms with Crippen molar-refractivity contribution in [3.05, 3.63) is 29.8 Å². The number of likely N-dealkylation sites (N-methyl/N-ethyl adjacent to an activating group) is 1. The molecule has 0 atom stereocenters. The van der Waals surface area contributed by atoms with Crippen LogP contribution in [0, 0.1) is 0 Å². The molecule has 0 radical (unpaired) electrons. The lowest BCUT2D eigenvalue weighted by molar-refractivity contribution is -0.119. The highest BCUT2D eigenvalue weighted by molar-refractivity contribution is 7.85. The van der Waals surface area contributed by atoms with E-state index in [0.717, 1.165) is 35.6 Å². The SMILES string of the molecule is CNC(=O)Cc1ccc(NC2CCS(=O)CC2)cc1. The Morgan fingerprint density at radius 3 is 2.47 bits per heavy atom. The summed E-state index contributed by atoms with van der Waals surface area (Å²) in [5.74, 6) is 1.62. The highest BCUT2D eigenvalue weighted by Gasteiger charge is 2.17. The van der Waals surface area contributed by atoms with Gasteiger partial charge in [0.25, 0.3) is 0 Å². The third-order valence-electron chi connectivity index (χ3n) is 3.36. The van der Waals surface area contributed by atoms with Crippen molar-refractivity contribution in [1.82, 2.24) is 5.32 Å². The average molecular weight is 280 g/mol. The first-order chi connectivity index (χ1) is 9.17. The molecule has 2 rings (SSSR count). The molecule has 0 bridgehead atoms. The van der Waals surface area contributed by atoms with Crippen molar-refractivity contribution >= 4 is 22.4 Å². The molecule has 0 aliphatic carbocycles. The zero-order chi connectivity index (χ0) is 13.7. The van der Waals surface area contributed by atoms with Crippen LogP contribution in [-0.2, 0) is 22.0 Å². The third-order valence-corrected chi connectivity index (χ3v) is 4.74. The van der Waals surface area contributed by atoms with Crippen LogP contribution in [0.1, 0.15) is 18.4 Å². The molecule has 1 fully saturated rings. The summed E-state index contributed by atoms with van der Waals surface area (Å²) in [6.07, 6.45) is 2.35. The molecule has 5 heteroatoms. The van der Waals surface area contributed by atoms with Crippen molar-refractivity contribution in [2.45, 2.75) is 25.3 Å². The van der Waals surface area contributed by atoms with Crippen molar-refractivity contribution in [2.24, 2.45) is 0 Å². The molecule has 0 saturated carbocycles. The number of carbonyl (C=O) groups excluding carboxylic acids is 1. The summed E-state index contributed by atoms with van der Waals surface area (Å²) < 4.78 is 11.3. The van der Waals surface area contributed by atoms with Gasteiger partial charge in [-0.2, -0.15) is 0 Å². The van der Waals surface area contributed by atoms with Gasteiger partial charge in [0.2, 0.25) is 5.91 Å². The molecule has 19 heavy (non-hydrogen) atoms. The summed E-state index contributed by atoms with van der Waals surface area (Å²) in [4.78, 5) is 11.3. The zero-order valence-electron chi connectivity index (χ0n) is 11.1. The molecule has 0 unspecified atom stereocenters. The summed E-state index contributed by atoms with van der Waals surface area (Å²) in [5.41, 5.74) is 2.08. The normalized spacial score (nSPS) is 22.8. The van der Waals surface area contributed by atoms with Crippen LogP contribution in [0.5, 0.6) is 0 Å². The summed E-state index contributed by atoms with van der Waals surface area (Å²) in [6, 6.07) is 8.37. The molecule has 104 valence electrons. The Kier molecular flexibility index (Phi) is 4.96. The van der Waals surface area contributed by atoms with E-state index in [1.807, 2.05) is 24.3 Å². The number of hydrogen-bond donors (Lipinski definition) is 2. The Morgan fingerprint density at radius 1 is 1.26 bits per heavy atom. The van der Waals surface area contributed by atoms with Gasteiger partial charge in [0.1, 0.15) is 0 Å². The number of hydrogen-bond acceptors (Lipinski definition) is 3. The lowest BCUT2D eigenvalue weighted by Gasteiger charge is -2.23.